The van der Waals surface area contributed by atoms with Gasteiger partial charge in [0.05, 0.1) is 0 Å². The van der Waals surface area contributed by atoms with Gasteiger partial charge in [0.15, 0.2) is 0 Å². The Hall–Kier alpha value is -1.22. The third-order valence-corrected chi connectivity index (χ3v) is 1.50. The number of nitrogens with two attached hydrogens (primary N) is 1. The van der Waals surface area contributed by atoms with Crippen LogP contribution < -0.4 is 5.73 Å². The zero-order valence-electron chi connectivity index (χ0n) is 6.32. The molecular formula is C8H10N2O. The zero-order valence-corrected chi connectivity index (χ0v) is 6.32. The van der Waals surface area contributed by atoms with Gasteiger partial charge in [-0.3, -0.25) is 0 Å². The average Bonchev–Trinajstić information content (AvgIpc) is 2.05. The van der Waals surface area contributed by atoms with Crippen LogP contribution >= 0.6 is 0 Å². The van der Waals surface area contributed by atoms with E-state index in [0.717, 1.165) is 5.56 Å². The summed E-state index contributed by atoms with van der Waals surface area (Å²) in [6, 6.07) is 6.95. The molecule has 1 atom stereocenters. The summed E-state index contributed by atoms with van der Waals surface area (Å²) in [6.45, 7) is 1.86. The molecule has 0 bridgehead atoms. The van der Waals surface area contributed by atoms with Crippen LogP contribution in [0.15, 0.2) is 29.4 Å². The average molecular weight is 150 g/mol. The lowest BCUT2D eigenvalue weighted by atomic mass is 10.1. The van der Waals surface area contributed by atoms with Gasteiger partial charge in [0, 0.05) is 6.04 Å². The molecule has 0 aliphatic carbocycles. The Morgan fingerprint density at radius 1 is 1.55 bits per heavy atom. The van der Waals surface area contributed by atoms with E-state index in [1.54, 1.807) is 18.2 Å². The second-order valence-electron chi connectivity index (χ2n) is 2.47. The molecule has 1 aromatic rings. The van der Waals surface area contributed by atoms with Crippen molar-refractivity contribution in [3.05, 3.63) is 34.7 Å². The topological polar surface area (TPSA) is 55.4 Å². The summed E-state index contributed by atoms with van der Waals surface area (Å²) < 4.78 is 0. The molecule has 0 fully saturated rings. The molecule has 0 amide bonds. The van der Waals surface area contributed by atoms with E-state index < -0.39 is 0 Å². The third kappa shape index (κ3) is 1.85. The first-order chi connectivity index (χ1) is 5.24. The molecule has 0 saturated carbocycles. The maximum absolute atomic E-state index is 10.1. The molecule has 0 spiro atoms. The van der Waals surface area contributed by atoms with Gasteiger partial charge in [-0.25, -0.2) is 0 Å². The highest BCUT2D eigenvalue weighted by molar-refractivity contribution is 5.40. The number of hydrogen-bond donors (Lipinski definition) is 1. The first-order valence-electron chi connectivity index (χ1n) is 3.43. The smallest absolute Gasteiger partial charge is 0.108 e. The van der Waals surface area contributed by atoms with Crippen LogP contribution in [0.25, 0.3) is 0 Å². The van der Waals surface area contributed by atoms with E-state index in [-0.39, 0.29) is 6.04 Å². The van der Waals surface area contributed by atoms with Crippen molar-refractivity contribution in [2.75, 3.05) is 0 Å². The minimum absolute atomic E-state index is 0.0447. The van der Waals surface area contributed by atoms with Gasteiger partial charge in [-0.05, 0) is 29.8 Å². The Labute approximate surface area is 65.2 Å². The molecule has 58 valence electrons. The Morgan fingerprint density at radius 3 is 2.82 bits per heavy atom. The van der Waals surface area contributed by atoms with Crippen molar-refractivity contribution in [1.82, 2.24) is 0 Å². The van der Waals surface area contributed by atoms with Crippen molar-refractivity contribution in [1.29, 1.82) is 0 Å². The summed E-state index contributed by atoms with van der Waals surface area (Å²) in [5.41, 5.74) is 6.96. The van der Waals surface area contributed by atoms with Crippen LogP contribution in [0.4, 0.5) is 5.69 Å². The Kier molecular flexibility index (Phi) is 2.33. The molecular weight excluding hydrogens is 140 g/mol. The van der Waals surface area contributed by atoms with E-state index >= 15 is 0 Å². The van der Waals surface area contributed by atoms with E-state index in [1.165, 1.54) is 0 Å². The minimum Gasteiger partial charge on any atom is -0.324 e. The highest BCUT2D eigenvalue weighted by atomic mass is 16.3. The van der Waals surface area contributed by atoms with Crippen LogP contribution in [0.1, 0.15) is 18.5 Å². The lowest BCUT2D eigenvalue weighted by Gasteiger charge is -2.03. The molecule has 0 saturated heterocycles. The van der Waals surface area contributed by atoms with Crippen molar-refractivity contribution >= 4 is 5.69 Å². The monoisotopic (exact) mass is 150 g/mol. The van der Waals surface area contributed by atoms with Gasteiger partial charge >= 0.3 is 0 Å². The molecule has 1 rings (SSSR count). The largest absolute Gasteiger partial charge is 0.324 e. The normalized spacial score (nSPS) is 12.5. The highest BCUT2D eigenvalue weighted by Gasteiger charge is 1.99. The van der Waals surface area contributed by atoms with Crippen molar-refractivity contribution in [3.8, 4) is 0 Å². The molecule has 3 heteroatoms. The third-order valence-electron chi connectivity index (χ3n) is 1.50. The number of nitrogens with zero attached hydrogens (tertiary/aromatic N) is 1. The molecule has 11 heavy (non-hydrogen) atoms. The second kappa shape index (κ2) is 3.25. The zero-order chi connectivity index (χ0) is 8.27. The number of hydrogen-bond acceptors (Lipinski definition) is 3. The first kappa shape index (κ1) is 7.88. The van der Waals surface area contributed by atoms with Gasteiger partial charge in [-0.2, -0.15) is 0 Å². The fourth-order valence-corrected chi connectivity index (χ4v) is 0.865. The van der Waals surface area contributed by atoms with Crippen LogP contribution in [0.2, 0.25) is 0 Å². The van der Waals surface area contributed by atoms with Gasteiger partial charge < -0.3 is 5.73 Å². The molecule has 0 aliphatic heterocycles. The van der Waals surface area contributed by atoms with E-state index in [9.17, 15) is 4.91 Å². The lowest BCUT2D eigenvalue weighted by molar-refractivity contribution is 0.818. The first-order valence-corrected chi connectivity index (χ1v) is 3.43. The summed E-state index contributed by atoms with van der Waals surface area (Å²) in [5.74, 6) is 0. The van der Waals surface area contributed by atoms with Crippen molar-refractivity contribution < 1.29 is 0 Å². The van der Waals surface area contributed by atoms with E-state index in [0.29, 0.717) is 5.69 Å². The maximum Gasteiger partial charge on any atom is 0.108 e. The predicted octanol–water partition coefficient (Wildman–Crippen LogP) is 2.10. The lowest BCUT2D eigenvalue weighted by Crippen LogP contribution is -2.03. The second-order valence-corrected chi connectivity index (χ2v) is 2.47. The molecule has 0 aromatic heterocycles. The molecule has 0 aliphatic rings. The quantitative estimate of drug-likeness (QED) is 0.656. The molecule has 2 N–H and O–H groups in total. The summed E-state index contributed by atoms with van der Waals surface area (Å²) >= 11 is 0. The molecule has 0 unspecified atom stereocenters. The van der Waals surface area contributed by atoms with E-state index in [2.05, 4.69) is 5.18 Å². The van der Waals surface area contributed by atoms with Crippen LogP contribution in [-0.4, -0.2) is 0 Å². The minimum atomic E-state index is -0.0447. The standard InChI is InChI=1S/C8H10N2O/c1-6(9)7-3-2-4-8(5-7)10-11/h2-6H,9H2,1H3/t6-/m0/s1. The summed E-state index contributed by atoms with van der Waals surface area (Å²) in [4.78, 5) is 10.1. The number of nitroso groups, excluding NO2 is 1. The van der Waals surface area contributed by atoms with Crippen LogP contribution in [0, 0.1) is 4.91 Å². The van der Waals surface area contributed by atoms with E-state index in [4.69, 9.17) is 5.73 Å². The number of rotatable bonds is 2. The fourth-order valence-electron chi connectivity index (χ4n) is 0.865. The molecule has 1 aromatic carbocycles. The predicted molar refractivity (Wildman–Crippen MR) is 44.5 cm³/mol. The van der Waals surface area contributed by atoms with Gasteiger partial charge in [0.1, 0.15) is 5.69 Å². The Bertz CT molecular complexity index is 258. The molecule has 0 heterocycles. The Balaban J connectivity index is 3.00. The van der Waals surface area contributed by atoms with Crippen molar-refractivity contribution in [3.63, 3.8) is 0 Å². The van der Waals surface area contributed by atoms with Crippen LogP contribution in [0.5, 0.6) is 0 Å². The Morgan fingerprint density at radius 2 is 2.27 bits per heavy atom. The summed E-state index contributed by atoms with van der Waals surface area (Å²) in [7, 11) is 0. The van der Waals surface area contributed by atoms with Gasteiger partial charge in [-0.1, -0.05) is 12.1 Å². The SMILES string of the molecule is C[C@H](N)c1cccc(N=O)c1. The van der Waals surface area contributed by atoms with E-state index in [1.807, 2.05) is 13.0 Å². The van der Waals surface area contributed by atoms with Gasteiger partial charge in [-0.15, -0.1) is 4.91 Å². The van der Waals surface area contributed by atoms with Crippen molar-refractivity contribution in [2.45, 2.75) is 13.0 Å². The number of benzene rings is 1. The molecule has 3 nitrogen and oxygen atoms in total. The van der Waals surface area contributed by atoms with Crippen molar-refractivity contribution in [2.24, 2.45) is 10.9 Å². The highest BCUT2D eigenvalue weighted by Crippen LogP contribution is 2.17. The maximum atomic E-state index is 10.1. The molecule has 0 radical (unpaired) electrons. The van der Waals surface area contributed by atoms with Gasteiger partial charge in [0.2, 0.25) is 0 Å². The summed E-state index contributed by atoms with van der Waals surface area (Å²) in [6.07, 6.45) is 0. The summed E-state index contributed by atoms with van der Waals surface area (Å²) in [5, 5.41) is 2.81. The fraction of sp³-hybridized carbons (Fsp3) is 0.250. The van der Waals surface area contributed by atoms with Crippen LogP contribution in [0.3, 0.4) is 0 Å². The van der Waals surface area contributed by atoms with Crippen LogP contribution in [-0.2, 0) is 0 Å². The van der Waals surface area contributed by atoms with Gasteiger partial charge in [0.25, 0.3) is 0 Å².